The third-order valence-corrected chi connectivity index (χ3v) is 3.93. The molecule has 5 nitrogen and oxygen atoms in total. The summed E-state index contributed by atoms with van der Waals surface area (Å²) in [7, 11) is 0. The number of rotatable bonds is 5. The van der Waals surface area contributed by atoms with Crippen molar-refractivity contribution < 1.29 is 9.59 Å². The van der Waals surface area contributed by atoms with E-state index in [0.717, 1.165) is 11.4 Å². The predicted octanol–water partition coefficient (Wildman–Crippen LogP) is 0.670. The number of amides is 2. The van der Waals surface area contributed by atoms with Gasteiger partial charge in [0.1, 0.15) is 0 Å². The summed E-state index contributed by atoms with van der Waals surface area (Å²) < 4.78 is 0. The minimum absolute atomic E-state index is 0.0177. The van der Waals surface area contributed by atoms with Crippen molar-refractivity contribution in [3.8, 4) is 0 Å². The Morgan fingerprint density at radius 1 is 1.67 bits per heavy atom. The van der Waals surface area contributed by atoms with E-state index in [-0.39, 0.29) is 17.7 Å². The monoisotopic (exact) mass is 267 g/mol. The Hall–Kier alpha value is -1.43. The third kappa shape index (κ3) is 3.07. The lowest BCUT2D eigenvalue weighted by Crippen LogP contribution is -2.34. The zero-order chi connectivity index (χ0) is 13.0. The summed E-state index contributed by atoms with van der Waals surface area (Å²) in [5, 5.41) is 5.82. The molecule has 0 unspecified atom stereocenters. The number of hydrogen-bond acceptors (Lipinski definition) is 4. The summed E-state index contributed by atoms with van der Waals surface area (Å²) in [6, 6.07) is 0. The highest BCUT2D eigenvalue weighted by Gasteiger charge is 2.32. The summed E-state index contributed by atoms with van der Waals surface area (Å²) in [4.78, 5) is 29.3. The molecule has 2 amide bonds. The number of carbonyl (C=O) groups excluding carboxylic acids is 2. The molecule has 1 N–H and O–H groups in total. The molecule has 2 rings (SSSR count). The zero-order valence-electron chi connectivity index (χ0n) is 10.4. The van der Waals surface area contributed by atoms with Crippen LogP contribution >= 0.6 is 11.3 Å². The van der Waals surface area contributed by atoms with Crippen LogP contribution in [0.25, 0.3) is 0 Å². The van der Waals surface area contributed by atoms with Crippen molar-refractivity contribution >= 4 is 23.2 Å². The molecule has 0 aromatic carbocycles. The van der Waals surface area contributed by atoms with Crippen LogP contribution in [0.2, 0.25) is 0 Å². The van der Waals surface area contributed by atoms with E-state index >= 15 is 0 Å². The van der Waals surface area contributed by atoms with Crippen LogP contribution in [0.1, 0.15) is 18.4 Å². The second-order valence-corrected chi connectivity index (χ2v) is 5.28. The van der Waals surface area contributed by atoms with Gasteiger partial charge >= 0.3 is 0 Å². The van der Waals surface area contributed by atoms with Crippen molar-refractivity contribution in [1.82, 2.24) is 15.2 Å². The molecule has 1 aliphatic heterocycles. The Labute approximate surface area is 110 Å². The van der Waals surface area contributed by atoms with E-state index in [4.69, 9.17) is 0 Å². The zero-order valence-corrected chi connectivity index (χ0v) is 11.2. The van der Waals surface area contributed by atoms with Crippen LogP contribution in [0.15, 0.2) is 11.6 Å². The maximum absolute atomic E-state index is 11.9. The molecule has 1 aromatic rings. The van der Waals surface area contributed by atoms with Crippen LogP contribution in [0.4, 0.5) is 0 Å². The Balaban J connectivity index is 1.74. The number of hydrogen-bond donors (Lipinski definition) is 1. The highest BCUT2D eigenvalue weighted by Crippen LogP contribution is 2.17. The Morgan fingerprint density at radius 2 is 2.50 bits per heavy atom. The van der Waals surface area contributed by atoms with E-state index in [0.29, 0.717) is 26.1 Å². The molecule has 1 aromatic heterocycles. The molecule has 0 aliphatic carbocycles. The van der Waals surface area contributed by atoms with Gasteiger partial charge in [-0.25, -0.2) is 4.98 Å². The van der Waals surface area contributed by atoms with E-state index < -0.39 is 0 Å². The van der Waals surface area contributed by atoms with Crippen LogP contribution in [0, 0.1) is 5.92 Å². The molecule has 2 heterocycles. The second kappa shape index (κ2) is 5.95. The van der Waals surface area contributed by atoms with Gasteiger partial charge in [0.05, 0.1) is 10.9 Å². The number of aromatic nitrogens is 1. The Kier molecular flexibility index (Phi) is 4.30. The van der Waals surface area contributed by atoms with Crippen LogP contribution in [0.5, 0.6) is 0 Å². The second-order valence-electron chi connectivity index (χ2n) is 4.30. The van der Waals surface area contributed by atoms with Crippen LogP contribution in [-0.4, -0.2) is 41.3 Å². The van der Waals surface area contributed by atoms with Crippen molar-refractivity contribution in [2.75, 3.05) is 19.6 Å². The summed E-state index contributed by atoms with van der Waals surface area (Å²) >= 11 is 1.59. The van der Waals surface area contributed by atoms with E-state index in [1.807, 2.05) is 12.3 Å². The van der Waals surface area contributed by atoms with Crippen LogP contribution < -0.4 is 5.32 Å². The molecule has 1 atom stereocenters. The van der Waals surface area contributed by atoms with Gasteiger partial charge in [-0.3, -0.25) is 9.59 Å². The lowest BCUT2D eigenvalue weighted by Gasteiger charge is -2.13. The van der Waals surface area contributed by atoms with Gasteiger partial charge in [-0.15, -0.1) is 11.3 Å². The van der Waals surface area contributed by atoms with Gasteiger partial charge in [0.15, 0.2) is 0 Å². The molecule has 0 bridgehead atoms. The van der Waals surface area contributed by atoms with Crippen molar-refractivity contribution in [3.63, 3.8) is 0 Å². The van der Waals surface area contributed by atoms with Crippen molar-refractivity contribution in [2.45, 2.75) is 19.8 Å². The van der Waals surface area contributed by atoms with E-state index in [9.17, 15) is 9.59 Å². The average molecular weight is 267 g/mol. The maximum atomic E-state index is 11.9. The van der Waals surface area contributed by atoms with E-state index in [1.165, 1.54) is 0 Å². The molecular weight excluding hydrogens is 250 g/mol. The van der Waals surface area contributed by atoms with Gasteiger partial charge in [-0.05, 0) is 6.92 Å². The van der Waals surface area contributed by atoms with Crippen molar-refractivity contribution in [3.05, 3.63) is 16.6 Å². The Bertz CT molecular complexity index is 419. The average Bonchev–Trinajstić information content (AvgIpc) is 2.98. The fourth-order valence-electron chi connectivity index (χ4n) is 2.07. The number of nitrogens with zero attached hydrogens (tertiary/aromatic N) is 2. The minimum Gasteiger partial charge on any atom is -0.355 e. The van der Waals surface area contributed by atoms with Gasteiger partial charge in [0.25, 0.3) is 0 Å². The number of likely N-dealkylation sites (tertiary alicyclic amines) is 1. The van der Waals surface area contributed by atoms with Crippen LogP contribution in [-0.2, 0) is 16.0 Å². The van der Waals surface area contributed by atoms with Gasteiger partial charge in [-0.2, -0.15) is 0 Å². The fraction of sp³-hybridized carbons (Fsp3) is 0.583. The normalized spacial score (nSPS) is 19.3. The SMILES string of the molecule is CCN1C[C@H](C(=O)NCCc2nccs2)CC1=O. The molecule has 0 spiro atoms. The van der Waals surface area contributed by atoms with Gasteiger partial charge in [0, 0.05) is 44.1 Å². The van der Waals surface area contributed by atoms with Gasteiger partial charge < -0.3 is 10.2 Å². The summed E-state index contributed by atoms with van der Waals surface area (Å²) in [5.41, 5.74) is 0. The molecule has 0 radical (unpaired) electrons. The molecule has 6 heteroatoms. The number of carbonyl (C=O) groups is 2. The molecule has 18 heavy (non-hydrogen) atoms. The first-order valence-corrected chi connectivity index (χ1v) is 7.02. The summed E-state index contributed by atoms with van der Waals surface area (Å²) in [5.74, 6) is -0.123. The predicted molar refractivity (Wildman–Crippen MR) is 69.2 cm³/mol. The largest absolute Gasteiger partial charge is 0.355 e. The van der Waals surface area contributed by atoms with E-state index in [2.05, 4.69) is 10.3 Å². The Morgan fingerprint density at radius 3 is 3.11 bits per heavy atom. The smallest absolute Gasteiger partial charge is 0.225 e. The summed E-state index contributed by atoms with van der Waals surface area (Å²) in [6.45, 7) is 3.75. The molecule has 0 saturated carbocycles. The molecular formula is C12H17N3O2S. The number of nitrogens with one attached hydrogen (secondary N) is 1. The third-order valence-electron chi connectivity index (χ3n) is 3.09. The molecule has 1 aliphatic rings. The van der Waals surface area contributed by atoms with Crippen LogP contribution in [0.3, 0.4) is 0 Å². The highest BCUT2D eigenvalue weighted by atomic mass is 32.1. The van der Waals surface area contributed by atoms with Gasteiger partial charge in [0.2, 0.25) is 11.8 Å². The first-order chi connectivity index (χ1) is 8.70. The highest BCUT2D eigenvalue weighted by molar-refractivity contribution is 7.09. The van der Waals surface area contributed by atoms with E-state index in [1.54, 1.807) is 22.4 Å². The topological polar surface area (TPSA) is 62.3 Å². The minimum atomic E-state index is -0.186. The lowest BCUT2D eigenvalue weighted by atomic mass is 10.1. The quantitative estimate of drug-likeness (QED) is 0.853. The summed E-state index contributed by atoms with van der Waals surface area (Å²) in [6.07, 6.45) is 2.86. The van der Waals surface area contributed by atoms with Crippen molar-refractivity contribution in [1.29, 1.82) is 0 Å². The standard InChI is InChI=1S/C12H17N3O2S/c1-2-15-8-9(7-11(15)16)12(17)14-4-3-10-13-5-6-18-10/h5-6,9H,2-4,7-8H2,1H3,(H,14,17)/t9-/m1/s1. The maximum Gasteiger partial charge on any atom is 0.225 e. The van der Waals surface area contributed by atoms with Crippen molar-refractivity contribution in [2.24, 2.45) is 5.92 Å². The fourth-order valence-corrected chi connectivity index (χ4v) is 2.69. The number of thiazole rings is 1. The molecule has 98 valence electrons. The van der Waals surface area contributed by atoms with Gasteiger partial charge in [-0.1, -0.05) is 0 Å². The first-order valence-electron chi connectivity index (χ1n) is 6.14. The molecule has 1 saturated heterocycles. The first kappa shape index (κ1) is 13.0. The molecule has 1 fully saturated rings. The lowest BCUT2D eigenvalue weighted by molar-refractivity contribution is -0.128.